The number of rotatable bonds is 6. The number of aromatic nitrogens is 3. The minimum Gasteiger partial charge on any atom is -0.507 e. The number of phenols is 1. The van der Waals surface area contributed by atoms with Crippen LogP contribution in [0, 0.1) is 6.92 Å². The number of aryl methyl sites for hydroxylation is 1. The molecule has 0 saturated carbocycles. The van der Waals surface area contributed by atoms with Crippen molar-refractivity contribution in [3.63, 3.8) is 0 Å². The molecule has 1 aromatic heterocycles. The van der Waals surface area contributed by atoms with Gasteiger partial charge in [0.15, 0.2) is 0 Å². The van der Waals surface area contributed by atoms with E-state index in [1.54, 1.807) is 12.1 Å². The Morgan fingerprint density at radius 3 is 2.64 bits per heavy atom. The van der Waals surface area contributed by atoms with Gasteiger partial charge in [0.1, 0.15) is 5.75 Å². The quantitative estimate of drug-likeness (QED) is 0.296. The zero-order chi connectivity index (χ0) is 22.5. The Balaban J connectivity index is 0.00000306. The Hall–Kier alpha value is -2.66. The molecule has 0 radical (unpaired) electrons. The van der Waals surface area contributed by atoms with E-state index in [1.165, 1.54) is 12.3 Å². The molecule has 4 rings (SSSR count). The number of nitrogens with one attached hydrogen (secondary N) is 2. The summed E-state index contributed by atoms with van der Waals surface area (Å²) in [5, 5.41) is 17.8. The van der Waals surface area contributed by atoms with Gasteiger partial charge in [0.25, 0.3) is 0 Å². The van der Waals surface area contributed by atoms with Crippen LogP contribution in [0.2, 0.25) is 5.02 Å². The minimum absolute atomic E-state index is 0. The summed E-state index contributed by atoms with van der Waals surface area (Å²) in [6, 6.07) is 10.7. The lowest BCUT2D eigenvalue weighted by atomic mass is 10.2. The molecule has 12 heteroatoms. The first-order valence-corrected chi connectivity index (χ1v) is 11.0. The fraction of sp³-hybridized carbons (Fsp3) is 0.238. The van der Waals surface area contributed by atoms with E-state index in [4.69, 9.17) is 16.3 Å². The molecular weight excluding hydrogens is 533 g/mol. The Bertz CT molecular complexity index is 1140. The predicted molar refractivity (Wildman–Crippen MR) is 137 cm³/mol. The van der Waals surface area contributed by atoms with Crippen molar-refractivity contribution in [3.05, 3.63) is 57.0 Å². The average Bonchev–Trinajstić information content (AvgIpc) is 2.78. The smallest absolute Gasteiger partial charge is 0.250 e. The van der Waals surface area contributed by atoms with Crippen LogP contribution in [-0.2, 0) is 4.74 Å². The van der Waals surface area contributed by atoms with Gasteiger partial charge in [-0.3, -0.25) is 0 Å². The van der Waals surface area contributed by atoms with Crippen molar-refractivity contribution >= 4 is 69.7 Å². The van der Waals surface area contributed by atoms with Gasteiger partial charge in [0.2, 0.25) is 17.8 Å². The molecule has 2 heterocycles. The van der Waals surface area contributed by atoms with Crippen molar-refractivity contribution in [2.24, 2.45) is 5.10 Å². The van der Waals surface area contributed by atoms with E-state index in [2.05, 4.69) is 46.7 Å². The third-order valence-corrected chi connectivity index (χ3v) is 5.54. The topological polar surface area (TPSA) is 108 Å². The van der Waals surface area contributed by atoms with E-state index in [1.807, 2.05) is 30.0 Å². The highest BCUT2D eigenvalue weighted by Gasteiger charge is 2.17. The number of hydrazone groups is 1. The number of morpholine rings is 1. The molecule has 174 valence electrons. The second-order valence-electron chi connectivity index (χ2n) is 7.06. The molecule has 3 N–H and O–H groups in total. The summed E-state index contributed by atoms with van der Waals surface area (Å²) in [7, 11) is 0. The summed E-state index contributed by atoms with van der Waals surface area (Å²) in [5.74, 6) is 1.20. The normalized spacial score (nSPS) is 13.6. The second kappa shape index (κ2) is 11.5. The third kappa shape index (κ3) is 6.67. The lowest BCUT2D eigenvalue weighted by molar-refractivity contribution is 0.122. The van der Waals surface area contributed by atoms with Crippen LogP contribution in [0.1, 0.15) is 11.1 Å². The lowest BCUT2D eigenvalue weighted by Gasteiger charge is -2.27. The van der Waals surface area contributed by atoms with E-state index < -0.39 is 0 Å². The van der Waals surface area contributed by atoms with E-state index >= 15 is 0 Å². The molecule has 0 aliphatic carbocycles. The monoisotopic (exact) mass is 553 g/mol. The molecule has 0 amide bonds. The van der Waals surface area contributed by atoms with Gasteiger partial charge in [-0.05, 0) is 58.7 Å². The molecule has 0 atom stereocenters. The molecule has 2 aromatic carbocycles. The highest BCUT2D eigenvalue weighted by Crippen LogP contribution is 2.27. The van der Waals surface area contributed by atoms with Gasteiger partial charge in [-0.1, -0.05) is 17.7 Å². The van der Waals surface area contributed by atoms with Crippen molar-refractivity contribution < 1.29 is 9.84 Å². The van der Waals surface area contributed by atoms with Gasteiger partial charge in [-0.2, -0.15) is 20.1 Å². The average molecular weight is 555 g/mol. The molecule has 0 bridgehead atoms. The van der Waals surface area contributed by atoms with Crippen LogP contribution < -0.4 is 15.6 Å². The maximum atomic E-state index is 9.95. The van der Waals surface area contributed by atoms with E-state index in [0.717, 1.165) is 15.7 Å². The summed E-state index contributed by atoms with van der Waals surface area (Å²) in [6.07, 6.45) is 1.45. The van der Waals surface area contributed by atoms with Crippen LogP contribution in [0.3, 0.4) is 0 Å². The standard InChI is InChI=1S/C21H21BrClN7O2.ClH/c1-13-2-4-17(16(22)10-13)25-19-26-20(28-21(27-19)30-6-8-32-9-7-30)29-24-12-14-11-15(23)3-5-18(14)31;/h2-5,10-12,31H,6-9H2,1H3,(H2,25,26,27,28,29);1H. The number of hydrogen-bond donors (Lipinski definition) is 3. The Kier molecular flexibility index (Phi) is 8.67. The molecule has 1 fully saturated rings. The number of aromatic hydroxyl groups is 1. The van der Waals surface area contributed by atoms with Gasteiger partial charge in [-0.15, -0.1) is 12.4 Å². The van der Waals surface area contributed by atoms with Crippen LogP contribution in [0.15, 0.2) is 46.0 Å². The van der Waals surface area contributed by atoms with Gasteiger partial charge in [0.05, 0.1) is 25.1 Å². The van der Waals surface area contributed by atoms with Crippen LogP contribution in [0.4, 0.5) is 23.5 Å². The Morgan fingerprint density at radius 1 is 1.12 bits per heavy atom. The molecule has 1 aliphatic heterocycles. The minimum atomic E-state index is 0. The molecule has 1 saturated heterocycles. The van der Waals surface area contributed by atoms with E-state index in [-0.39, 0.29) is 24.1 Å². The zero-order valence-electron chi connectivity index (χ0n) is 17.6. The van der Waals surface area contributed by atoms with Crippen molar-refractivity contribution in [1.82, 2.24) is 15.0 Å². The SMILES string of the molecule is Cc1ccc(Nc2nc(NN=Cc3cc(Cl)ccc3O)nc(N3CCOCC3)n2)c(Br)c1.Cl. The predicted octanol–water partition coefficient (Wildman–Crippen LogP) is 4.75. The summed E-state index contributed by atoms with van der Waals surface area (Å²) < 4.78 is 6.33. The van der Waals surface area contributed by atoms with Crippen molar-refractivity contribution in [2.75, 3.05) is 41.9 Å². The number of anilines is 4. The fourth-order valence-corrected chi connectivity index (χ4v) is 3.78. The summed E-state index contributed by atoms with van der Waals surface area (Å²) in [6.45, 7) is 4.58. The van der Waals surface area contributed by atoms with Crippen molar-refractivity contribution in [1.29, 1.82) is 0 Å². The van der Waals surface area contributed by atoms with Gasteiger partial charge in [-0.25, -0.2) is 5.43 Å². The van der Waals surface area contributed by atoms with E-state index in [0.29, 0.717) is 48.8 Å². The van der Waals surface area contributed by atoms with Gasteiger partial charge >= 0.3 is 0 Å². The number of phenolic OH excluding ortho intramolecular Hbond substituents is 1. The van der Waals surface area contributed by atoms with E-state index in [9.17, 15) is 5.11 Å². The molecule has 9 nitrogen and oxygen atoms in total. The van der Waals surface area contributed by atoms with Crippen LogP contribution in [0.25, 0.3) is 0 Å². The summed E-state index contributed by atoms with van der Waals surface area (Å²) in [5.41, 5.74) is 5.24. The molecule has 33 heavy (non-hydrogen) atoms. The number of hydrogen-bond acceptors (Lipinski definition) is 9. The first-order valence-electron chi connectivity index (χ1n) is 9.87. The zero-order valence-corrected chi connectivity index (χ0v) is 20.8. The van der Waals surface area contributed by atoms with Crippen molar-refractivity contribution in [2.45, 2.75) is 6.92 Å². The molecule has 1 aliphatic rings. The van der Waals surface area contributed by atoms with Crippen LogP contribution >= 0.6 is 39.9 Å². The number of halogens is 3. The first-order chi connectivity index (χ1) is 15.5. The third-order valence-electron chi connectivity index (χ3n) is 4.65. The number of ether oxygens (including phenoxy) is 1. The number of nitrogens with zero attached hydrogens (tertiary/aromatic N) is 5. The number of benzene rings is 2. The summed E-state index contributed by atoms with van der Waals surface area (Å²) in [4.78, 5) is 15.5. The molecule has 3 aromatic rings. The molecule has 0 unspecified atom stereocenters. The lowest BCUT2D eigenvalue weighted by Crippen LogP contribution is -2.37. The first kappa shape index (κ1) is 25.0. The Morgan fingerprint density at radius 2 is 1.88 bits per heavy atom. The molecule has 0 spiro atoms. The highest BCUT2D eigenvalue weighted by atomic mass is 79.9. The largest absolute Gasteiger partial charge is 0.507 e. The van der Waals surface area contributed by atoms with Crippen molar-refractivity contribution in [3.8, 4) is 5.75 Å². The highest BCUT2D eigenvalue weighted by molar-refractivity contribution is 9.10. The Labute approximate surface area is 210 Å². The maximum absolute atomic E-state index is 9.95. The van der Waals surface area contributed by atoms with Crippen LogP contribution in [-0.4, -0.2) is 52.6 Å². The van der Waals surface area contributed by atoms with Gasteiger partial charge < -0.3 is 20.1 Å². The van der Waals surface area contributed by atoms with Gasteiger partial charge in [0, 0.05) is 28.1 Å². The maximum Gasteiger partial charge on any atom is 0.250 e. The second-order valence-corrected chi connectivity index (χ2v) is 8.35. The summed E-state index contributed by atoms with van der Waals surface area (Å²) >= 11 is 9.55. The molecular formula is C21H22BrCl2N7O2. The fourth-order valence-electron chi connectivity index (χ4n) is 3.01. The van der Waals surface area contributed by atoms with Crippen LogP contribution in [0.5, 0.6) is 5.75 Å².